The molecule has 2 unspecified atom stereocenters. The first-order valence-electron chi connectivity index (χ1n) is 6.78. The van der Waals surface area contributed by atoms with Crippen molar-refractivity contribution in [2.75, 3.05) is 4.43 Å². The largest absolute Gasteiger partial charge is 0.103 e. The Bertz CT molecular complexity index is 419. The molecule has 1 aromatic rings. The fraction of sp³-hybridized carbons (Fsp3) is 0.412. The first-order chi connectivity index (χ1) is 8.86. The molecule has 2 atom stereocenters. The van der Waals surface area contributed by atoms with Gasteiger partial charge in [0.15, 0.2) is 0 Å². The number of hydrogen-bond acceptors (Lipinski definition) is 0. The number of benzene rings is 1. The fourth-order valence-corrected chi connectivity index (χ4v) is 2.85. The third-order valence-corrected chi connectivity index (χ3v) is 4.24. The summed E-state index contributed by atoms with van der Waals surface area (Å²) >= 11 is 2.42. The Morgan fingerprint density at radius 2 is 2.00 bits per heavy atom. The third kappa shape index (κ3) is 3.71. The highest BCUT2D eigenvalue weighted by Crippen LogP contribution is 2.49. The summed E-state index contributed by atoms with van der Waals surface area (Å²) in [5, 5.41) is 0. The molecule has 0 spiro atoms. The molecule has 2 rings (SSSR count). The van der Waals surface area contributed by atoms with Gasteiger partial charge in [-0.1, -0.05) is 65.1 Å². The highest BCUT2D eigenvalue weighted by molar-refractivity contribution is 14.1. The van der Waals surface area contributed by atoms with E-state index in [0.717, 1.165) is 11.8 Å². The topological polar surface area (TPSA) is 0 Å². The first kappa shape index (κ1) is 13.9. The average Bonchev–Trinajstić information content (AvgIpc) is 3.18. The average molecular weight is 352 g/mol. The van der Waals surface area contributed by atoms with Crippen molar-refractivity contribution in [1.29, 1.82) is 0 Å². The minimum Gasteiger partial charge on any atom is -0.103 e. The summed E-state index contributed by atoms with van der Waals surface area (Å²) < 4.78 is 1.22. The molecule has 0 heterocycles. The summed E-state index contributed by atoms with van der Waals surface area (Å²) in [6.07, 6.45) is 11.6. The number of alkyl halides is 1. The zero-order valence-electron chi connectivity index (χ0n) is 10.8. The van der Waals surface area contributed by atoms with Crippen LogP contribution in [-0.4, -0.2) is 4.43 Å². The van der Waals surface area contributed by atoms with E-state index in [1.165, 1.54) is 35.7 Å². The number of halogens is 1. The van der Waals surface area contributed by atoms with E-state index in [1.54, 1.807) is 5.56 Å². The van der Waals surface area contributed by atoms with Crippen LogP contribution in [-0.2, 0) is 6.42 Å². The van der Waals surface area contributed by atoms with Crippen molar-refractivity contribution < 1.29 is 0 Å². The summed E-state index contributed by atoms with van der Waals surface area (Å²) in [4.78, 5) is 0. The normalized spacial score (nSPS) is 22.3. The number of rotatable bonds is 7. The Kier molecular flexibility index (Phi) is 5.48. The first-order valence-corrected chi connectivity index (χ1v) is 8.30. The van der Waals surface area contributed by atoms with Crippen LogP contribution in [0.2, 0.25) is 0 Å². The molecule has 1 aliphatic carbocycles. The summed E-state index contributed by atoms with van der Waals surface area (Å²) in [5.74, 6) is 1.47. The molecule has 96 valence electrons. The maximum absolute atomic E-state index is 3.91. The Labute approximate surface area is 124 Å². The number of allylic oxidation sites excluding steroid dienone is 3. The monoisotopic (exact) mass is 352 g/mol. The van der Waals surface area contributed by atoms with Crippen molar-refractivity contribution in [2.45, 2.75) is 31.6 Å². The van der Waals surface area contributed by atoms with Crippen LogP contribution in [0, 0.1) is 5.92 Å². The van der Waals surface area contributed by atoms with E-state index < -0.39 is 0 Å². The zero-order chi connectivity index (χ0) is 12.8. The molecule has 0 radical (unpaired) electrons. The van der Waals surface area contributed by atoms with Gasteiger partial charge < -0.3 is 0 Å². The van der Waals surface area contributed by atoms with Crippen LogP contribution >= 0.6 is 22.6 Å². The van der Waals surface area contributed by atoms with Gasteiger partial charge in [-0.05, 0) is 48.6 Å². The molecule has 18 heavy (non-hydrogen) atoms. The number of aryl methyl sites for hydroxylation is 1. The van der Waals surface area contributed by atoms with Gasteiger partial charge in [0.1, 0.15) is 0 Å². The SMILES string of the molecule is C=CC1CC1c1ccccc1CC/C=C\CCI. The lowest BCUT2D eigenvalue weighted by molar-refractivity contribution is 0.930. The molecule has 0 aromatic heterocycles. The van der Waals surface area contributed by atoms with Gasteiger partial charge in [0.05, 0.1) is 0 Å². The lowest BCUT2D eigenvalue weighted by Crippen LogP contribution is -1.92. The smallest absolute Gasteiger partial charge is 0.00299 e. The quantitative estimate of drug-likeness (QED) is 0.355. The van der Waals surface area contributed by atoms with Crippen LogP contribution in [0.15, 0.2) is 49.1 Å². The molecule has 0 nitrogen and oxygen atoms in total. The van der Waals surface area contributed by atoms with E-state index in [1.807, 2.05) is 0 Å². The third-order valence-electron chi connectivity index (χ3n) is 3.62. The van der Waals surface area contributed by atoms with Crippen molar-refractivity contribution in [1.82, 2.24) is 0 Å². The molecule has 0 N–H and O–H groups in total. The molecular formula is C17H21I. The van der Waals surface area contributed by atoms with E-state index in [4.69, 9.17) is 0 Å². The molecule has 0 amide bonds. The van der Waals surface area contributed by atoms with E-state index >= 15 is 0 Å². The molecule has 1 aromatic carbocycles. The molecular weight excluding hydrogens is 331 g/mol. The lowest BCUT2D eigenvalue weighted by atomic mass is 9.98. The van der Waals surface area contributed by atoms with E-state index in [2.05, 4.69) is 71.7 Å². The highest BCUT2D eigenvalue weighted by Gasteiger charge is 2.36. The van der Waals surface area contributed by atoms with Crippen LogP contribution in [0.3, 0.4) is 0 Å². The predicted molar refractivity (Wildman–Crippen MR) is 88.5 cm³/mol. The van der Waals surface area contributed by atoms with Gasteiger partial charge in [-0.15, -0.1) is 6.58 Å². The van der Waals surface area contributed by atoms with E-state index in [9.17, 15) is 0 Å². The van der Waals surface area contributed by atoms with Gasteiger partial charge in [-0.3, -0.25) is 0 Å². The second-order valence-electron chi connectivity index (χ2n) is 4.93. The zero-order valence-corrected chi connectivity index (χ0v) is 13.0. The van der Waals surface area contributed by atoms with Gasteiger partial charge in [-0.25, -0.2) is 0 Å². The molecule has 0 saturated heterocycles. The van der Waals surface area contributed by atoms with Crippen LogP contribution in [0.4, 0.5) is 0 Å². The van der Waals surface area contributed by atoms with Gasteiger partial charge in [-0.2, -0.15) is 0 Å². The van der Waals surface area contributed by atoms with Gasteiger partial charge in [0.25, 0.3) is 0 Å². The van der Waals surface area contributed by atoms with E-state index in [-0.39, 0.29) is 0 Å². The van der Waals surface area contributed by atoms with Crippen LogP contribution in [0.1, 0.15) is 36.3 Å². The van der Waals surface area contributed by atoms with Crippen molar-refractivity contribution in [2.24, 2.45) is 5.92 Å². The maximum atomic E-state index is 3.91. The summed E-state index contributed by atoms with van der Waals surface area (Å²) in [5.41, 5.74) is 3.09. The van der Waals surface area contributed by atoms with Crippen molar-refractivity contribution >= 4 is 22.6 Å². The summed E-state index contributed by atoms with van der Waals surface area (Å²) in [6, 6.07) is 8.93. The maximum Gasteiger partial charge on any atom is 0.00299 e. The second-order valence-corrected chi connectivity index (χ2v) is 6.01. The standard InChI is InChI=1S/C17H21I/c1-2-14-13-17(14)16-11-7-6-10-15(16)9-5-3-4-8-12-18/h2-4,6-7,10-11,14,17H,1,5,8-9,12-13H2/b4-3-. The van der Waals surface area contributed by atoms with Crippen LogP contribution < -0.4 is 0 Å². The Hall–Kier alpha value is -0.570. The summed E-state index contributed by atoms with van der Waals surface area (Å²) in [6.45, 7) is 3.91. The van der Waals surface area contributed by atoms with Gasteiger partial charge in [0.2, 0.25) is 0 Å². The van der Waals surface area contributed by atoms with Gasteiger partial charge >= 0.3 is 0 Å². The Balaban J connectivity index is 1.94. The Morgan fingerprint density at radius 1 is 1.22 bits per heavy atom. The molecule has 1 heteroatoms. The van der Waals surface area contributed by atoms with Crippen LogP contribution in [0.25, 0.3) is 0 Å². The summed E-state index contributed by atoms with van der Waals surface area (Å²) in [7, 11) is 0. The highest BCUT2D eigenvalue weighted by atomic mass is 127. The second kappa shape index (κ2) is 7.13. The molecule has 0 aliphatic heterocycles. The van der Waals surface area contributed by atoms with Crippen LogP contribution in [0.5, 0.6) is 0 Å². The predicted octanol–water partition coefficient (Wildman–Crippen LogP) is 5.29. The molecule has 1 fully saturated rings. The molecule has 1 saturated carbocycles. The fourth-order valence-electron chi connectivity index (χ4n) is 2.49. The molecule has 1 aliphatic rings. The van der Waals surface area contributed by atoms with Gasteiger partial charge in [0, 0.05) is 4.43 Å². The minimum absolute atomic E-state index is 0.723. The minimum atomic E-state index is 0.723. The van der Waals surface area contributed by atoms with Crippen molar-refractivity contribution in [3.8, 4) is 0 Å². The van der Waals surface area contributed by atoms with E-state index in [0.29, 0.717) is 0 Å². The Morgan fingerprint density at radius 3 is 2.72 bits per heavy atom. The van der Waals surface area contributed by atoms with Crippen molar-refractivity contribution in [3.05, 3.63) is 60.2 Å². The lowest BCUT2D eigenvalue weighted by Gasteiger charge is -2.07. The van der Waals surface area contributed by atoms with Crippen molar-refractivity contribution in [3.63, 3.8) is 0 Å². The number of hydrogen-bond donors (Lipinski definition) is 0. The molecule has 0 bridgehead atoms.